The van der Waals surface area contributed by atoms with E-state index in [1.807, 2.05) is 6.07 Å². The number of nitriles is 1. The zero-order valence-corrected chi connectivity index (χ0v) is 11.8. The second-order valence-corrected chi connectivity index (χ2v) is 5.65. The first kappa shape index (κ1) is 13.9. The van der Waals surface area contributed by atoms with Crippen LogP contribution < -0.4 is 10.5 Å². The molecule has 1 aromatic rings. The summed E-state index contributed by atoms with van der Waals surface area (Å²) in [5.41, 5.74) is 7.88. The van der Waals surface area contributed by atoms with Gasteiger partial charge < -0.3 is 10.5 Å². The van der Waals surface area contributed by atoms with Gasteiger partial charge in [-0.15, -0.1) is 0 Å². The average Bonchev–Trinajstić information content (AvgIpc) is 2.74. The molecule has 1 fully saturated rings. The normalized spacial score (nSPS) is 26.1. The van der Waals surface area contributed by atoms with Gasteiger partial charge in [0.15, 0.2) is 0 Å². The third kappa shape index (κ3) is 3.08. The lowest BCUT2D eigenvalue weighted by molar-refractivity contribution is 0.253. The van der Waals surface area contributed by atoms with Gasteiger partial charge in [0.1, 0.15) is 11.3 Å². The topological polar surface area (TPSA) is 59.0 Å². The molecule has 102 valence electrons. The predicted octanol–water partition coefficient (Wildman–Crippen LogP) is 3.09. The lowest BCUT2D eigenvalue weighted by Crippen LogP contribution is -2.42. The van der Waals surface area contributed by atoms with E-state index < -0.39 is 5.54 Å². The van der Waals surface area contributed by atoms with Gasteiger partial charge in [0.2, 0.25) is 0 Å². The number of nitrogens with two attached hydrogens (primary N) is 1. The molecule has 1 saturated carbocycles. The monoisotopic (exact) mass is 258 g/mol. The van der Waals surface area contributed by atoms with Crippen LogP contribution in [0.1, 0.15) is 36.8 Å². The van der Waals surface area contributed by atoms with E-state index in [4.69, 9.17) is 10.5 Å². The van der Waals surface area contributed by atoms with Gasteiger partial charge in [0.25, 0.3) is 0 Å². The van der Waals surface area contributed by atoms with Crippen molar-refractivity contribution in [2.45, 2.75) is 45.1 Å². The molecule has 0 bridgehead atoms. The Morgan fingerprint density at radius 3 is 2.95 bits per heavy atom. The lowest BCUT2D eigenvalue weighted by atomic mass is 9.87. The van der Waals surface area contributed by atoms with Gasteiger partial charge in [0.05, 0.1) is 12.7 Å². The van der Waals surface area contributed by atoms with Crippen LogP contribution in [0.3, 0.4) is 0 Å². The molecule has 0 heterocycles. The Morgan fingerprint density at radius 1 is 1.47 bits per heavy atom. The minimum Gasteiger partial charge on any atom is -0.493 e. The van der Waals surface area contributed by atoms with E-state index in [-0.39, 0.29) is 5.92 Å². The number of hydrogen-bond acceptors (Lipinski definition) is 3. The highest BCUT2D eigenvalue weighted by atomic mass is 16.5. The van der Waals surface area contributed by atoms with Crippen LogP contribution in [0, 0.1) is 31.1 Å². The minimum atomic E-state index is -0.633. The fraction of sp³-hybridized carbons (Fsp3) is 0.562. The molecule has 0 spiro atoms. The van der Waals surface area contributed by atoms with Crippen molar-refractivity contribution in [2.75, 3.05) is 6.61 Å². The molecule has 2 unspecified atom stereocenters. The van der Waals surface area contributed by atoms with Crippen LogP contribution in [0.5, 0.6) is 5.75 Å². The molecule has 0 radical (unpaired) electrons. The summed E-state index contributed by atoms with van der Waals surface area (Å²) in [5, 5.41) is 9.17. The molecular formula is C16H22N2O. The van der Waals surface area contributed by atoms with Crippen LogP contribution in [0.15, 0.2) is 18.2 Å². The maximum Gasteiger partial charge on any atom is 0.122 e. The van der Waals surface area contributed by atoms with E-state index in [9.17, 15) is 5.26 Å². The number of aryl methyl sites for hydroxylation is 2. The minimum absolute atomic E-state index is 0.267. The summed E-state index contributed by atoms with van der Waals surface area (Å²) in [7, 11) is 0. The fourth-order valence-electron chi connectivity index (χ4n) is 2.92. The van der Waals surface area contributed by atoms with Crippen molar-refractivity contribution in [3.05, 3.63) is 29.3 Å². The van der Waals surface area contributed by atoms with Gasteiger partial charge in [-0.05, 0) is 50.7 Å². The molecule has 0 aliphatic heterocycles. The molecule has 1 aliphatic carbocycles. The SMILES string of the molecule is Cc1ccc(OCCC2CCCC2(N)C#N)c(C)c1. The zero-order valence-electron chi connectivity index (χ0n) is 11.8. The third-order valence-electron chi connectivity index (χ3n) is 4.13. The second-order valence-electron chi connectivity index (χ2n) is 5.65. The first-order valence-electron chi connectivity index (χ1n) is 6.95. The Bertz CT molecular complexity index is 492. The summed E-state index contributed by atoms with van der Waals surface area (Å²) in [6.45, 7) is 4.76. The standard InChI is InChI=1S/C16H22N2O/c1-12-5-6-15(13(2)10-12)19-9-7-14-4-3-8-16(14,18)11-17/h5-6,10,14H,3-4,7-9,18H2,1-2H3. The Hall–Kier alpha value is -1.53. The van der Waals surface area contributed by atoms with Crippen molar-refractivity contribution in [3.8, 4) is 11.8 Å². The van der Waals surface area contributed by atoms with Crippen LogP contribution >= 0.6 is 0 Å². The van der Waals surface area contributed by atoms with Crippen molar-refractivity contribution in [2.24, 2.45) is 11.7 Å². The molecule has 1 aromatic carbocycles. The maximum absolute atomic E-state index is 9.17. The van der Waals surface area contributed by atoms with E-state index in [2.05, 4.69) is 32.0 Å². The first-order valence-corrected chi connectivity index (χ1v) is 6.95. The molecular weight excluding hydrogens is 236 g/mol. The van der Waals surface area contributed by atoms with E-state index in [0.717, 1.165) is 37.0 Å². The van der Waals surface area contributed by atoms with E-state index in [0.29, 0.717) is 6.61 Å². The van der Waals surface area contributed by atoms with Gasteiger partial charge in [-0.25, -0.2) is 0 Å². The average molecular weight is 258 g/mol. The van der Waals surface area contributed by atoms with Crippen molar-refractivity contribution in [1.29, 1.82) is 5.26 Å². The van der Waals surface area contributed by atoms with Crippen LogP contribution in [-0.2, 0) is 0 Å². The molecule has 3 heteroatoms. The van der Waals surface area contributed by atoms with E-state index in [1.54, 1.807) is 0 Å². The van der Waals surface area contributed by atoms with E-state index >= 15 is 0 Å². The first-order chi connectivity index (χ1) is 9.05. The molecule has 1 aliphatic rings. The molecule has 0 saturated heterocycles. The van der Waals surface area contributed by atoms with Crippen molar-refractivity contribution in [3.63, 3.8) is 0 Å². The van der Waals surface area contributed by atoms with E-state index in [1.165, 1.54) is 5.56 Å². The van der Waals surface area contributed by atoms with Crippen LogP contribution in [0.4, 0.5) is 0 Å². The van der Waals surface area contributed by atoms with Gasteiger partial charge in [-0.2, -0.15) is 5.26 Å². The smallest absolute Gasteiger partial charge is 0.122 e. The highest BCUT2D eigenvalue weighted by Crippen LogP contribution is 2.35. The Balaban J connectivity index is 1.89. The van der Waals surface area contributed by atoms with Crippen molar-refractivity contribution >= 4 is 0 Å². The molecule has 2 N–H and O–H groups in total. The number of rotatable bonds is 4. The second kappa shape index (κ2) is 5.63. The van der Waals surface area contributed by atoms with Gasteiger partial charge >= 0.3 is 0 Å². The zero-order chi connectivity index (χ0) is 13.9. The highest BCUT2D eigenvalue weighted by molar-refractivity contribution is 5.35. The quantitative estimate of drug-likeness (QED) is 0.902. The summed E-state index contributed by atoms with van der Waals surface area (Å²) in [5.74, 6) is 1.20. The number of hydrogen-bond donors (Lipinski definition) is 1. The van der Waals surface area contributed by atoms with Gasteiger partial charge in [0, 0.05) is 0 Å². The molecule has 3 nitrogen and oxygen atoms in total. The molecule has 0 aromatic heterocycles. The van der Waals surface area contributed by atoms with Crippen LogP contribution in [-0.4, -0.2) is 12.1 Å². The highest BCUT2D eigenvalue weighted by Gasteiger charge is 2.39. The largest absolute Gasteiger partial charge is 0.493 e. The number of ether oxygens (including phenoxy) is 1. The maximum atomic E-state index is 9.17. The summed E-state index contributed by atoms with van der Waals surface area (Å²) < 4.78 is 5.83. The fourth-order valence-corrected chi connectivity index (χ4v) is 2.92. The van der Waals surface area contributed by atoms with Crippen LogP contribution in [0.25, 0.3) is 0 Å². The summed E-state index contributed by atoms with van der Waals surface area (Å²) in [6, 6.07) is 8.47. The van der Waals surface area contributed by atoms with Gasteiger partial charge in [-0.1, -0.05) is 24.1 Å². The summed E-state index contributed by atoms with van der Waals surface area (Å²) in [4.78, 5) is 0. The number of benzene rings is 1. The predicted molar refractivity (Wildman–Crippen MR) is 75.9 cm³/mol. The Kier molecular flexibility index (Phi) is 4.11. The lowest BCUT2D eigenvalue weighted by Gasteiger charge is -2.23. The third-order valence-corrected chi connectivity index (χ3v) is 4.13. The van der Waals surface area contributed by atoms with Gasteiger partial charge in [-0.3, -0.25) is 0 Å². The Morgan fingerprint density at radius 2 is 2.26 bits per heavy atom. The molecule has 2 rings (SSSR count). The summed E-state index contributed by atoms with van der Waals surface area (Å²) >= 11 is 0. The molecule has 2 atom stereocenters. The Labute approximate surface area is 115 Å². The van der Waals surface area contributed by atoms with Crippen molar-refractivity contribution in [1.82, 2.24) is 0 Å². The molecule has 0 amide bonds. The summed E-state index contributed by atoms with van der Waals surface area (Å²) in [6.07, 6.45) is 3.77. The molecule has 19 heavy (non-hydrogen) atoms. The van der Waals surface area contributed by atoms with Crippen LogP contribution in [0.2, 0.25) is 0 Å². The number of nitrogens with zero attached hydrogens (tertiary/aromatic N) is 1. The van der Waals surface area contributed by atoms with Crippen molar-refractivity contribution < 1.29 is 4.74 Å².